The molecular formula is C14H30N4. The van der Waals surface area contributed by atoms with Crippen molar-refractivity contribution in [3.05, 3.63) is 0 Å². The molecule has 0 saturated heterocycles. The van der Waals surface area contributed by atoms with Crippen molar-refractivity contribution in [3.8, 4) is 0 Å². The van der Waals surface area contributed by atoms with Crippen LogP contribution in [-0.2, 0) is 0 Å². The first-order chi connectivity index (χ1) is 8.65. The minimum Gasteiger partial charge on any atom is -0.355 e. The molecule has 0 aromatic heterocycles. The van der Waals surface area contributed by atoms with Crippen molar-refractivity contribution in [3.63, 3.8) is 0 Å². The molecular weight excluding hydrogens is 224 g/mol. The molecule has 4 nitrogen and oxygen atoms in total. The summed E-state index contributed by atoms with van der Waals surface area (Å²) in [7, 11) is 0. The van der Waals surface area contributed by atoms with Crippen molar-refractivity contribution in [2.75, 3.05) is 13.1 Å². The lowest BCUT2D eigenvalue weighted by molar-refractivity contribution is 0.269. The van der Waals surface area contributed by atoms with Crippen molar-refractivity contribution >= 4 is 5.96 Å². The highest BCUT2D eigenvalue weighted by molar-refractivity contribution is 5.79. The molecule has 0 unspecified atom stereocenters. The van der Waals surface area contributed by atoms with E-state index in [-0.39, 0.29) is 0 Å². The fourth-order valence-electron chi connectivity index (χ4n) is 2.51. The third-order valence-electron chi connectivity index (χ3n) is 3.85. The molecule has 0 heterocycles. The highest BCUT2D eigenvalue weighted by Crippen LogP contribution is 2.29. The van der Waals surface area contributed by atoms with Crippen LogP contribution in [-0.4, -0.2) is 19.0 Å². The third kappa shape index (κ3) is 5.71. The number of hydrogen-bond donors (Lipinski definition) is 3. The summed E-state index contributed by atoms with van der Waals surface area (Å²) in [6, 6.07) is 0. The third-order valence-corrected chi connectivity index (χ3v) is 3.85. The van der Waals surface area contributed by atoms with Gasteiger partial charge in [0.15, 0.2) is 0 Å². The van der Waals surface area contributed by atoms with Gasteiger partial charge in [0.2, 0.25) is 5.96 Å². The van der Waals surface area contributed by atoms with Crippen LogP contribution in [0.25, 0.3) is 0 Å². The summed E-state index contributed by atoms with van der Waals surface area (Å²) in [6.07, 6.45) is 6.79. The Morgan fingerprint density at radius 2 is 1.83 bits per heavy atom. The Kier molecular flexibility index (Phi) is 7.09. The number of nitrogens with one attached hydrogen (secondary N) is 2. The SMILES string of the molecule is CCC1CCC(CNC(=NCC(C)C)NN)CC1. The Bertz CT molecular complexity index is 242. The van der Waals surface area contributed by atoms with Gasteiger partial charge in [-0.3, -0.25) is 10.4 Å². The fraction of sp³-hybridized carbons (Fsp3) is 0.929. The van der Waals surface area contributed by atoms with E-state index in [1.807, 2.05) is 0 Å². The maximum atomic E-state index is 5.47. The molecule has 0 aromatic carbocycles. The molecule has 4 heteroatoms. The van der Waals surface area contributed by atoms with Gasteiger partial charge in [0.05, 0.1) is 0 Å². The molecule has 18 heavy (non-hydrogen) atoms. The largest absolute Gasteiger partial charge is 0.355 e. The summed E-state index contributed by atoms with van der Waals surface area (Å²) in [6.45, 7) is 8.43. The van der Waals surface area contributed by atoms with Crippen LogP contribution in [0.1, 0.15) is 52.9 Å². The summed E-state index contributed by atoms with van der Waals surface area (Å²) in [4.78, 5) is 4.43. The second-order valence-electron chi connectivity index (χ2n) is 5.90. The number of hydrazine groups is 1. The number of aliphatic imine (C=N–C) groups is 1. The van der Waals surface area contributed by atoms with E-state index in [0.29, 0.717) is 5.92 Å². The van der Waals surface area contributed by atoms with E-state index in [9.17, 15) is 0 Å². The van der Waals surface area contributed by atoms with Crippen molar-refractivity contribution in [2.24, 2.45) is 28.6 Å². The molecule has 0 radical (unpaired) electrons. The first-order valence-corrected chi connectivity index (χ1v) is 7.40. The molecule has 0 aliphatic heterocycles. The molecule has 0 spiro atoms. The summed E-state index contributed by atoms with van der Waals surface area (Å²) in [5, 5.41) is 3.34. The lowest BCUT2D eigenvalue weighted by Gasteiger charge is -2.28. The molecule has 1 aliphatic rings. The minimum absolute atomic E-state index is 0.565. The molecule has 1 saturated carbocycles. The van der Waals surface area contributed by atoms with Gasteiger partial charge >= 0.3 is 0 Å². The van der Waals surface area contributed by atoms with Gasteiger partial charge in [-0.25, -0.2) is 5.84 Å². The van der Waals surface area contributed by atoms with E-state index in [0.717, 1.165) is 30.9 Å². The Labute approximate surface area is 112 Å². The van der Waals surface area contributed by atoms with Crippen LogP contribution in [0.2, 0.25) is 0 Å². The van der Waals surface area contributed by atoms with E-state index >= 15 is 0 Å². The van der Waals surface area contributed by atoms with Crippen LogP contribution in [0, 0.1) is 17.8 Å². The highest BCUT2D eigenvalue weighted by Gasteiger charge is 2.19. The first kappa shape index (κ1) is 15.3. The van der Waals surface area contributed by atoms with Crippen molar-refractivity contribution < 1.29 is 0 Å². The average Bonchev–Trinajstić information content (AvgIpc) is 2.39. The Balaban J connectivity index is 2.24. The van der Waals surface area contributed by atoms with E-state index in [1.165, 1.54) is 32.1 Å². The summed E-state index contributed by atoms with van der Waals surface area (Å²) >= 11 is 0. The zero-order valence-corrected chi connectivity index (χ0v) is 12.2. The Hall–Kier alpha value is -0.770. The van der Waals surface area contributed by atoms with Gasteiger partial charge in [-0.15, -0.1) is 0 Å². The quantitative estimate of drug-likeness (QED) is 0.305. The highest BCUT2D eigenvalue weighted by atomic mass is 15.3. The number of guanidine groups is 1. The van der Waals surface area contributed by atoms with Crippen LogP contribution in [0.5, 0.6) is 0 Å². The van der Waals surface area contributed by atoms with Gasteiger partial charge in [0.25, 0.3) is 0 Å². The molecule has 4 N–H and O–H groups in total. The van der Waals surface area contributed by atoms with E-state index in [2.05, 4.69) is 36.5 Å². The van der Waals surface area contributed by atoms with Gasteiger partial charge in [-0.05, 0) is 30.6 Å². The van der Waals surface area contributed by atoms with Gasteiger partial charge < -0.3 is 5.32 Å². The number of nitrogens with two attached hydrogens (primary N) is 1. The maximum Gasteiger partial charge on any atom is 0.205 e. The molecule has 1 aliphatic carbocycles. The lowest BCUT2D eigenvalue weighted by Crippen LogP contribution is -2.44. The molecule has 0 aromatic rings. The van der Waals surface area contributed by atoms with E-state index in [1.54, 1.807) is 0 Å². The minimum atomic E-state index is 0.565. The molecule has 106 valence electrons. The topological polar surface area (TPSA) is 62.4 Å². The standard InChI is InChI=1S/C14H30N4/c1-4-12-5-7-13(8-6-12)10-17-14(18-15)16-9-11(2)3/h11-13H,4-10,15H2,1-3H3,(H2,16,17,18). The molecule has 1 fully saturated rings. The van der Waals surface area contributed by atoms with Gasteiger partial charge in [0, 0.05) is 13.1 Å². The second kappa shape index (κ2) is 8.35. The predicted molar refractivity (Wildman–Crippen MR) is 78.2 cm³/mol. The van der Waals surface area contributed by atoms with Crippen molar-refractivity contribution in [2.45, 2.75) is 52.9 Å². The van der Waals surface area contributed by atoms with Crippen LogP contribution in [0.15, 0.2) is 4.99 Å². The molecule has 0 amide bonds. The summed E-state index contributed by atoms with van der Waals surface area (Å²) in [5.41, 5.74) is 2.66. The smallest absolute Gasteiger partial charge is 0.205 e. The number of nitrogens with zero attached hydrogens (tertiary/aromatic N) is 1. The van der Waals surface area contributed by atoms with E-state index < -0.39 is 0 Å². The van der Waals surface area contributed by atoms with Crippen molar-refractivity contribution in [1.82, 2.24) is 10.7 Å². The maximum absolute atomic E-state index is 5.47. The van der Waals surface area contributed by atoms with Crippen LogP contribution in [0.4, 0.5) is 0 Å². The zero-order valence-electron chi connectivity index (χ0n) is 12.2. The van der Waals surface area contributed by atoms with Crippen molar-refractivity contribution in [1.29, 1.82) is 0 Å². The fourth-order valence-corrected chi connectivity index (χ4v) is 2.51. The zero-order chi connectivity index (χ0) is 13.4. The first-order valence-electron chi connectivity index (χ1n) is 7.40. The Morgan fingerprint density at radius 3 is 2.33 bits per heavy atom. The van der Waals surface area contributed by atoms with E-state index in [4.69, 9.17) is 5.84 Å². The number of hydrogen-bond acceptors (Lipinski definition) is 2. The normalized spacial score (nSPS) is 25.3. The van der Waals surface area contributed by atoms with Crippen LogP contribution < -0.4 is 16.6 Å². The average molecular weight is 254 g/mol. The predicted octanol–water partition coefficient (Wildman–Crippen LogP) is 2.27. The van der Waals surface area contributed by atoms with Gasteiger partial charge in [0.1, 0.15) is 0 Å². The molecule has 0 atom stereocenters. The van der Waals surface area contributed by atoms with Gasteiger partial charge in [-0.1, -0.05) is 40.0 Å². The summed E-state index contributed by atoms with van der Waals surface area (Å²) < 4.78 is 0. The van der Waals surface area contributed by atoms with Crippen LogP contribution in [0.3, 0.4) is 0 Å². The molecule has 0 bridgehead atoms. The van der Waals surface area contributed by atoms with Crippen LogP contribution >= 0.6 is 0 Å². The van der Waals surface area contributed by atoms with Gasteiger partial charge in [-0.2, -0.15) is 0 Å². The monoisotopic (exact) mass is 254 g/mol. The second-order valence-corrected chi connectivity index (χ2v) is 5.90. The number of rotatable bonds is 5. The summed E-state index contributed by atoms with van der Waals surface area (Å²) in [5.74, 6) is 8.52. The lowest BCUT2D eigenvalue weighted by atomic mass is 9.81. The molecule has 1 rings (SSSR count). The Morgan fingerprint density at radius 1 is 1.22 bits per heavy atom.